The molecule has 17 heavy (non-hydrogen) atoms. The maximum Gasteiger partial charge on any atom is 0.223 e. The number of nitrogens with one attached hydrogen (secondary N) is 1. The van der Waals surface area contributed by atoms with Crippen molar-refractivity contribution in [1.29, 1.82) is 5.41 Å². The number of aryl methyl sites for hydroxylation is 2. The first kappa shape index (κ1) is 11.9. The average Bonchev–Trinajstić information content (AvgIpc) is 2.83. The molecule has 0 aromatic carbocycles. The minimum absolute atomic E-state index is 0.00623. The van der Waals surface area contributed by atoms with Crippen LogP contribution in [-0.4, -0.2) is 35.4 Å². The summed E-state index contributed by atoms with van der Waals surface area (Å²) < 4.78 is 12.6. The second-order valence-corrected chi connectivity index (χ2v) is 4.34. The van der Waals surface area contributed by atoms with Gasteiger partial charge in [-0.2, -0.15) is 5.10 Å². The van der Waals surface area contributed by atoms with Gasteiger partial charge in [0.2, 0.25) is 5.88 Å². The lowest BCUT2D eigenvalue weighted by atomic mass is 10.1. The van der Waals surface area contributed by atoms with Crippen LogP contribution in [0, 0.1) is 18.3 Å². The van der Waals surface area contributed by atoms with Crippen LogP contribution in [0.2, 0.25) is 0 Å². The van der Waals surface area contributed by atoms with Gasteiger partial charge in [0.25, 0.3) is 0 Å². The summed E-state index contributed by atoms with van der Waals surface area (Å²) in [5.74, 6) is 0.986. The van der Waals surface area contributed by atoms with Gasteiger partial charge in [-0.1, -0.05) is 0 Å². The molecular weight excluding hydrogens is 220 g/mol. The van der Waals surface area contributed by atoms with E-state index in [0.29, 0.717) is 24.0 Å². The lowest BCUT2D eigenvalue weighted by molar-refractivity contribution is 0.163. The van der Waals surface area contributed by atoms with Crippen molar-refractivity contribution >= 4 is 5.84 Å². The Bertz CT molecular complexity index is 421. The molecule has 1 fully saturated rings. The van der Waals surface area contributed by atoms with Crippen LogP contribution in [-0.2, 0) is 11.8 Å². The van der Waals surface area contributed by atoms with Crippen LogP contribution in [0.3, 0.4) is 0 Å². The molecule has 1 aliphatic rings. The van der Waals surface area contributed by atoms with Crippen molar-refractivity contribution in [2.24, 2.45) is 18.7 Å². The van der Waals surface area contributed by atoms with Crippen molar-refractivity contribution < 1.29 is 9.47 Å². The van der Waals surface area contributed by atoms with Crippen LogP contribution in [0.15, 0.2) is 0 Å². The van der Waals surface area contributed by atoms with Gasteiger partial charge in [0.05, 0.1) is 18.9 Å². The molecule has 0 aliphatic carbocycles. The van der Waals surface area contributed by atoms with Crippen LogP contribution in [0.5, 0.6) is 5.88 Å². The van der Waals surface area contributed by atoms with Gasteiger partial charge in [0, 0.05) is 19.6 Å². The molecule has 0 radical (unpaired) electrons. The van der Waals surface area contributed by atoms with Gasteiger partial charge in [-0.25, -0.2) is 4.68 Å². The van der Waals surface area contributed by atoms with Crippen molar-refractivity contribution in [2.45, 2.75) is 13.3 Å². The number of rotatable bonds is 4. The molecule has 1 aliphatic heterocycles. The van der Waals surface area contributed by atoms with E-state index in [1.165, 1.54) is 0 Å². The van der Waals surface area contributed by atoms with E-state index in [0.717, 1.165) is 25.3 Å². The quantitative estimate of drug-likeness (QED) is 0.588. The maximum absolute atomic E-state index is 7.54. The van der Waals surface area contributed by atoms with Crippen LogP contribution < -0.4 is 10.5 Å². The van der Waals surface area contributed by atoms with Gasteiger partial charge < -0.3 is 15.2 Å². The molecule has 0 saturated carbocycles. The van der Waals surface area contributed by atoms with E-state index in [4.69, 9.17) is 20.6 Å². The normalized spacial score (nSPS) is 19.5. The van der Waals surface area contributed by atoms with Gasteiger partial charge in [0.15, 0.2) is 0 Å². The minimum atomic E-state index is -0.00623. The third kappa shape index (κ3) is 2.41. The third-order valence-electron chi connectivity index (χ3n) is 2.92. The van der Waals surface area contributed by atoms with Crippen molar-refractivity contribution in [3.8, 4) is 5.88 Å². The predicted octanol–water partition coefficient (Wildman–Crippen LogP) is 0.428. The molecule has 1 aromatic heterocycles. The van der Waals surface area contributed by atoms with E-state index in [2.05, 4.69) is 5.10 Å². The topological polar surface area (TPSA) is 86.2 Å². The summed E-state index contributed by atoms with van der Waals surface area (Å²) in [6.45, 7) is 3.95. The molecule has 1 saturated heterocycles. The smallest absolute Gasteiger partial charge is 0.223 e. The SMILES string of the molecule is Cc1nn(C)c(OCC2CCOC2)c1C(=N)N. The molecule has 94 valence electrons. The Morgan fingerprint density at radius 1 is 1.71 bits per heavy atom. The summed E-state index contributed by atoms with van der Waals surface area (Å²) in [5.41, 5.74) is 6.85. The van der Waals surface area contributed by atoms with Crippen molar-refractivity contribution in [2.75, 3.05) is 19.8 Å². The molecule has 0 amide bonds. The van der Waals surface area contributed by atoms with Gasteiger partial charge >= 0.3 is 0 Å². The van der Waals surface area contributed by atoms with E-state index in [1.807, 2.05) is 6.92 Å². The lowest BCUT2D eigenvalue weighted by Crippen LogP contribution is -2.17. The minimum Gasteiger partial charge on any atom is -0.477 e. The Labute approximate surface area is 100 Å². The average molecular weight is 238 g/mol. The van der Waals surface area contributed by atoms with Gasteiger partial charge in [-0.15, -0.1) is 0 Å². The van der Waals surface area contributed by atoms with E-state index < -0.39 is 0 Å². The zero-order valence-corrected chi connectivity index (χ0v) is 10.2. The van der Waals surface area contributed by atoms with E-state index in [-0.39, 0.29) is 5.84 Å². The van der Waals surface area contributed by atoms with Crippen LogP contribution >= 0.6 is 0 Å². The first-order chi connectivity index (χ1) is 8.09. The molecule has 0 bridgehead atoms. The molecule has 6 nitrogen and oxygen atoms in total. The lowest BCUT2D eigenvalue weighted by Gasteiger charge is -2.11. The first-order valence-corrected chi connectivity index (χ1v) is 5.68. The molecule has 1 atom stereocenters. The highest BCUT2D eigenvalue weighted by Gasteiger charge is 2.21. The second-order valence-electron chi connectivity index (χ2n) is 4.34. The van der Waals surface area contributed by atoms with Crippen molar-refractivity contribution in [3.05, 3.63) is 11.3 Å². The van der Waals surface area contributed by atoms with Crippen LogP contribution in [0.4, 0.5) is 0 Å². The molecule has 6 heteroatoms. The van der Waals surface area contributed by atoms with Gasteiger partial charge in [0.1, 0.15) is 11.4 Å². The summed E-state index contributed by atoms with van der Waals surface area (Å²) in [4.78, 5) is 0. The summed E-state index contributed by atoms with van der Waals surface area (Å²) in [7, 11) is 1.79. The van der Waals surface area contributed by atoms with Crippen molar-refractivity contribution in [1.82, 2.24) is 9.78 Å². The van der Waals surface area contributed by atoms with E-state index >= 15 is 0 Å². The van der Waals surface area contributed by atoms with Gasteiger partial charge in [-0.3, -0.25) is 5.41 Å². The molecule has 2 heterocycles. The van der Waals surface area contributed by atoms with Gasteiger partial charge in [-0.05, 0) is 13.3 Å². The molecule has 0 spiro atoms. The summed E-state index contributed by atoms with van der Waals surface area (Å²) in [5, 5.41) is 11.8. The number of nitrogens with zero attached hydrogens (tertiary/aromatic N) is 2. The Morgan fingerprint density at radius 3 is 3.06 bits per heavy atom. The number of amidine groups is 1. The summed E-state index contributed by atoms with van der Waals surface area (Å²) >= 11 is 0. The fourth-order valence-electron chi connectivity index (χ4n) is 2.02. The van der Waals surface area contributed by atoms with Crippen LogP contribution in [0.1, 0.15) is 17.7 Å². The van der Waals surface area contributed by atoms with E-state index in [1.54, 1.807) is 11.7 Å². The zero-order valence-electron chi connectivity index (χ0n) is 10.2. The number of ether oxygens (including phenoxy) is 2. The molecule has 1 unspecified atom stereocenters. The highest BCUT2D eigenvalue weighted by atomic mass is 16.5. The summed E-state index contributed by atoms with van der Waals surface area (Å²) in [6.07, 6.45) is 1.02. The fourth-order valence-corrected chi connectivity index (χ4v) is 2.02. The maximum atomic E-state index is 7.54. The molecule has 1 aromatic rings. The third-order valence-corrected chi connectivity index (χ3v) is 2.92. The number of aromatic nitrogens is 2. The Kier molecular flexibility index (Phi) is 3.33. The highest BCUT2D eigenvalue weighted by Crippen LogP contribution is 2.22. The Morgan fingerprint density at radius 2 is 2.47 bits per heavy atom. The number of hydrogen-bond acceptors (Lipinski definition) is 4. The number of nitrogens with two attached hydrogens (primary N) is 1. The summed E-state index contributed by atoms with van der Waals surface area (Å²) in [6, 6.07) is 0. The first-order valence-electron chi connectivity index (χ1n) is 5.68. The van der Waals surface area contributed by atoms with E-state index in [9.17, 15) is 0 Å². The largest absolute Gasteiger partial charge is 0.477 e. The Hall–Kier alpha value is -1.56. The molecular formula is C11H18N4O2. The highest BCUT2D eigenvalue weighted by molar-refractivity contribution is 5.98. The van der Waals surface area contributed by atoms with Crippen LogP contribution in [0.25, 0.3) is 0 Å². The predicted molar refractivity (Wildman–Crippen MR) is 63.4 cm³/mol. The standard InChI is InChI=1S/C11H18N4O2/c1-7-9(10(12)13)11(15(2)14-7)17-6-8-3-4-16-5-8/h8H,3-6H2,1-2H3,(H3,12,13). The number of hydrogen-bond donors (Lipinski definition) is 2. The molecule has 2 rings (SSSR count). The number of nitrogen functional groups attached to an aromatic ring is 1. The fraction of sp³-hybridized carbons (Fsp3) is 0.636. The Balaban J connectivity index is 2.11. The zero-order chi connectivity index (χ0) is 12.4. The monoisotopic (exact) mass is 238 g/mol. The van der Waals surface area contributed by atoms with Crippen molar-refractivity contribution in [3.63, 3.8) is 0 Å². The second kappa shape index (κ2) is 4.75. The molecule has 3 N–H and O–H groups in total.